The molecule has 2 aromatic rings. The van der Waals surface area contributed by atoms with Gasteiger partial charge in [-0.25, -0.2) is 4.39 Å². The van der Waals surface area contributed by atoms with Crippen molar-refractivity contribution in [1.29, 1.82) is 0 Å². The predicted molar refractivity (Wildman–Crippen MR) is 83.3 cm³/mol. The van der Waals surface area contributed by atoms with Gasteiger partial charge in [-0.05, 0) is 30.3 Å². The number of ketones is 1. The van der Waals surface area contributed by atoms with Crippen molar-refractivity contribution in [2.24, 2.45) is 0 Å². The zero-order valence-corrected chi connectivity index (χ0v) is 12.5. The van der Waals surface area contributed by atoms with Crippen LogP contribution in [0.1, 0.15) is 17.2 Å². The van der Waals surface area contributed by atoms with E-state index >= 15 is 0 Å². The van der Waals surface area contributed by atoms with Gasteiger partial charge in [-0.3, -0.25) is 9.59 Å². The van der Waals surface area contributed by atoms with Gasteiger partial charge in [0.25, 0.3) is 11.7 Å². The summed E-state index contributed by atoms with van der Waals surface area (Å²) in [5.74, 6) is -2.72. The van der Waals surface area contributed by atoms with E-state index in [2.05, 4.69) is 5.32 Å². The Morgan fingerprint density at radius 2 is 1.74 bits per heavy atom. The lowest BCUT2D eigenvalue weighted by molar-refractivity contribution is -0.133. The second kappa shape index (κ2) is 5.85. The molecule has 116 valence electrons. The zero-order valence-electron chi connectivity index (χ0n) is 11.7. The summed E-state index contributed by atoms with van der Waals surface area (Å²) in [6, 6.07) is 10.8. The first kappa shape index (κ1) is 15.2. The average molecular weight is 332 g/mol. The van der Waals surface area contributed by atoms with Crippen molar-refractivity contribution in [2.75, 3.05) is 0 Å². The third-order valence-corrected chi connectivity index (χ3v) is 3.86. The van der Waals surface area contributed by atoms with Crippen molar-refractivity contribution >= 4 is 29.1 Å². The molecule has 0 radical (unpaired) electrons. The number of aliphatic hydroxyl groups is 1. The van der Waals surface area contributed by atoms with E-state index in [9.17, 15) is 19.1 Å². The highest BCUT2D eigenvalue weighted by molar-refractivity contribution is 6.46. The Morgan fingerprint density at radius 3 is 2.39 bits per heavy atom. The summed E-state index contributed by atoms with van der Waals surface area (Å²) < 4.78 is 14.0. The molecule has 1 aliphatic heterocycles. The van der Waals surface area contributed by atoms with Crippen molar-refractivity contribution in [3.8, 4) is 0 Å². The molecule has 23 heavy (non-hydrogen) atoms. The maximum Gasteiger partial charge on any atom is 0.293 e. The van der Waals surface area contributed by atoms with Gasteiger partial charge >= 0.3 is 0 Å². The van der Waals surface area contributed by atoms with Crippen LogP contribution in [0.15, 0.2) is 54.1 Å². The second-order valence-electron chi connectivity index (χ2n) is 5.03. The van der Waals surface area contributed by atoms with Crippen LogP contribution in [0, 0.1) is 5.82 Å². The van der Waals surface area contributed by atoms with Crippen LogP contribution < -0.4 is 5.32 Å². The first-order valence-electron chi connectivity index (χ1n) is 6.77. The molecule has 1 heterocycles. The number of carbonyl (C=O) groups excluding carboxylic acids is 2. The van der Waals surface area contributed by atoms with E-state index in [1.165, 1.54) is 30.3 Å². The van der Waals surface area contributed by atoms with Crippen molar-refractivity contribution in [3.63, 3.8) is 0 Å². The number of Topliss-reactive ketones (excluding diaryl/α,β-unsaturated/α-hetero) is 1. The summed E-state index contributed by atoms with van der Waals surface area (Å²) in [6.45, 7) is 0. The van der Waals surface area contributed by atoms with Gasteiger partial charge in [0, 0.05) is 16.1 Å². The van der Waals surface area contributed by atoms with E-state index < -0.39 is 23.5 Å². The first-order valence-corrected chi connectivity index (χ1v) is 7.15. The van der Waals surface area contributed by atoms with E-state index in [-0.39, 0.29) is 16.9 Å². The second-order valence-corrected chi connectivity index (χ2v) is 5.46. The van der Waals surface area contributed by atoms with Gasteiger partial charge in [-0.15, -0.1) is 0 Å². The van der Waals surface area contributed by atoms with E-state index in [0.717, 1.165) is 0 Å². The summed E-state index contributed by atoms with van der Waals surface area (Å²) in [5, 5.41) is 13.3. The number of rotatable bonds is 2. The Morgan fingerprint density at radius 1 is 1.09 bits per heavy atom. The number of nitrogens with one attached hydrogen (secondary N) is 1. The summed E-state index contributed by atoms with van der Waals surface area (Å²) in [5.41, 5.74) is 0.250. The zero-order chi connectivity index (χ0) is 16.6. The smallest absolute Gasteiger partial charge is 0.293 e. The van der Waals surface area contributed by atoms with Gasteiger partial charge in [-0.2, -0.15) is 0 Å². The quantitative estimate of drug-likeness (QED) is 0.504. The fourth-order valence-corrected chi connectivity index (χ4v) is 2.60. The Bertz CT molecular complexity index is 830. The summed E-state index contributed by atoms with van der Waals surface area (Å²) in [7, 11) is 0. The van der Waals surface area contributed by atoms with Crippen molar-refractivity contribution in [3.05, 3.63) is 76.1 Å². The average Bonchev–Trinajstić information content (AvgIpc) is 2.83. The Hall–Kier alpha value is -2.66. The lowest BCUT2D eigenvalue weighted by atomic mass is 9.95. The topological polar surface area (TPSA) is 66.4 Å². The molecule has 2 N–H and O–H groups in total. The molecule has 0 bridgehead atoms. The fourth-order valence-electron chi connectivity index (χ4n) is 2.47. The van der Waals surface area contributed by atoms with E-state index in [4.69, 9.17) is 11.6 Å². The molecule has 0 spiro atoms. The molecule has 1 atom stereocenters. The molecule has 0 saturated carbocycles. The molecule has 0 unspecified atom stereocenters. The van der Waals surface area contributed by atoms with Crippen LogP contribution in [0.2, 0.25) is 5.02 Å². The van der Waals surface area contributed by atoms with Gasteiger partial charge < -0.3 is 10.4 Å². The fraction of sp³-hybridized carbons (Fsp3) is 0.0588. The summed E-state index contributed by atoms with van der Waals surface area (Å²) in [6.07, 6.45) is 0. The summed E-state index contributed by atoms with van der Waals surface area (Å²) >= 11 is 5.79. The monoisotopic (exact) mass is 331 g/mol. The predicted octanol–water partition coefficient (Wildman–Crippen LogP) is 3.19. The minimum absolute atomic E-state index is 0.113. The maximum atomic E-state index is 14.0. The van der Waals surface area contributed by atoms with E-state index in [1.807, 2.05) is 0 Å². The van der Waals surface area contributed by atoms with E-state index in [0.29, 0.717) is 10.6 Å². The van der Waals surface area contributed by atoms with Crippen LogP contribution in [-0.4, -0.2) is 16.8 Å². The number of aliphatic hydroxyl groups excluding tert-OH is 1. The molecule has 6 heteroatoms. The van der Waals surface area contributed by atoms with Gasteiger partial charge in [0.15, 0.2) is 0 Å². The largest absolute Gasteiger partial charge is 0.507 e. The van der Waals surface area contributed by atoms with Crippen LogP contribution >= 0.6 is 11.6 Å². The highest BCUT2D eigenvalue weighted by atomic mass is 35.5. The van der Waals surface area contributed by atoms with Crippen LogP contribution in [0.4, 0.5) is 4.39 Å². The molecular formula is C17H11ClFNO3. The molecule has 1 aliphatic rings. The molecule has 0 aromatic heterocycles. The summed E-state index contributed by atoms with van der Waals surface area (Å²) in [4.78, 5) is 23.8. The lowest BCUT2D eigenvalue weighted by Gasteiger charge is -2.14. The van der Waals surface area contributed by atoms with Crippen molar-refractivity contribution in [1.82, 2.24) is 5.32 Å². The molecule has 4 nitrogen and oxygen atoms in total. The molecule has 0 aliphatic carbocycles. The highest BCUT2D eigenvalue weighted by Crippen LogP contribution is 2.34. The number of amides is 1. The molecule has 1 fully saturated rings. The van der Waals surface area contributed by atoms with E-state index in [1.54, 1.807) is 18.2 Å². The number of benzene rings is 2. The molecule has 1 saturated heterocycles. The first-order chi connectivity index (χ1) is 11.0. The minimum atomic E-state index is -1.04. The van der Waals surface area contributed by atoms with Gasteiger partial charge in [-0.1, -0.05) is 29.8 Å². The van der Waals surface area contributed by atoms with Crippen LogP contribution in [0.25, 0.3) is 5.76 Å². The van der Waals surface area contributed by atoms with Crippen LogP contribution in [0.3, 0.4) is 0 Å². The third kappa shape index (κ3) is 2.71. The van der Waals surface area contributed by atoms with Gasteiger partial charge in [0.1, 0.15) is 11.6 Å². The Balaban J connectivity index is 2.15. The van der Waals surface area contributed by atoms with Crippen LogP contribution in [-0.2, 0) is 9.59 Å². The normalized spacial score (nSPS) is 19.7. The molecular weight excluding hydrogens is 321 g/mol. The lowest BCUT2D eigenvalue weighted by Crippen LogP contribution is -2.21. The van der Waals surface area contributed by atoms with Crippen molar-refractivity contribution < 1.29 is 19.1 Å². The SMILES string of the molecule is O=C1N[C@H](c2ccccc2F)/C(=C(\O)c2ccc(Cl)cc2)C1=O. The standard InChI is InChI=1S/C17H11ClFNO3/c18-10-7-5-9(6-8-10)15(21)13-14(20-17(23)16(13)22)11-3-1-2-4-12(11)19/h1-8,14,21H,(H,20,23)/b15-13+/t14-/m1/s1. The third-order valence-electron chi connectivity index (χ3n) is 3.60. The van der Waals surface area contributed by atoms with Crippen molar-refractivity contribution in [2.45, 2.75) is 6.04 Å². The van der Waals surface area contributed by atoms with Crippen LogP contribution in [0.5, 0.6) is 0 Å². The number of hydrogen-bond donors (Lipinski definition) is 2. The van der Waals surface area contributed by atoms with Gasteiger partial charge in [0.05, 0.1) is 11.6 Å². The molecule has 2 aromatic carbocycles. The number of halogens is 2. The maximum absolute atomic E-state index is 14.0. The highest BCUT2D eigenvalue weighted by Gasteiger charge is 2.40. The number of carbonyl (C=O) groups is 2. The Kier molecular flexibility index (Phi) is 3.88. The molecule has 1 amide bonds. The number of hydrogen-bond acceptors (Lipinski definition) is 3. The minimum Gasteiger partial charge on any atom is -0.507 e. The van der Waals surface area contributed by atoms with Gasteiger partial charge in [0.2, 0.25) is 0 Å². The Labute approximate surface area is 136 Å². The molecule has 3 rings (SSSR count).